The van der Waals surface area contributed by atoms with Crippen LogP contribution in [0, 0.1) is 0 Å². The van der Waals surface area contributed by atoms with E-state index >= 15 is 0 Å². The van der Waals surface area contributed by atoms with E-state index in [1.54, 1.807) is 0 Å². The van der Waals surface area contributed by atoms with Gasteiger partial charge in [0.25, 0.3) is 11.5 Å². The van der Waals surface area contributed by atoms with E-state index in [9.17, 15) is 22.8 Å². The fraction of sp³-hybridized carbons (Fsp3) is 0.583. The predicted molar refractivity (Wildman–Crippen MR) is 67.9 cm³/mol. The van der Waals surface area contributed by atoms with Gasteiger partial charge in [0.2, 0.25) is 0 Å². The molecule has 1 amide bonds. The number of aromatic nitrogens is 2. The summed E-state index contributed by atoms with van der Waals surface area (Å²) in [6, 6.07) is 2.56. The lowest BCUT2D eigenvalue weighted by molar-refractivity contribution is -0.148. The van der Waals surface area contributed by atoms with Gasteiger partial charge >= 0.3 is 6.18 Å². The smallest absolute Gasteiger partial charge is 0.335 e. The number of halogens is 3. The van der Waals surface area contributed by atoms with Gasteiger partial charge in [-0.2, -0.15) is 18.3 Å². The second kappa shape index (κ2) is 5.84. The Bertz CT molecular complexity index is 577. The molecular weight excluding hydrogens is 289 g/mol. The van der Waals surface area contributed by atoms with Crippen LogP contribution < -0.4 is 5.56 Å². The predicted octanol–water partition coefficient (Wildman–Crippen LogP) is 0.100. The lowest BCUT2D eigenvalue weighted by Gasteiger charge is -2.34. The van der Waals surface area contributed by atoms with Gasteiger partial charge in [-0.3, -0.25) is 14.5 Å². The van der Waals surface area contributed by atoms with Crippen LogP contribution in [0.4, 0.5) is 13.2 Å². The molecule has 1 aliphatic heterocycles. The van der Waals surface area contributed by atoms with Crippen LogP contribution in [0.2, 0.25) is 0 Å². The Morgan fingerprint density at radius 3 is 2.38 bits per heavy atom. The summed E-state index contributed by atoms with van der Waals surface area (Å²) in [6.07, 6.45) is -4.23. The van der Waals surface area contributed by atoms with Gasteiger partial charge < -0.3 is 4.90 Å². The van der Waals surface area contributed by atoms with Crippen molar-refractivity contribution in [2.45, 2.75) is 6.18 Å². The summed E-state index contributed by atoms with van der Waals surface area (Å²) in [5.41, 5.74) is -0.220. The Hall–Kier alpha value is -1.90. The van der Waals surface area contributed by atoms with Gasteiger partial charge in [0.05, 0.1) is 6.54 Å². The minimum Gasteiger partial charge on any atom is -0.335 e. The monoisotopic (exact) mass is 304 g/mol. The summed E-state index contributed by atoms with van der Waals surface area (Å²) < 4.78 is 37.9. The van der Waals surface area contributed by atoms with Gasteiger partial charge in [0.15, 0.2) is 0 Å². The van der Waals surface area contributed by atoms with Crippen molar-refractivity contribution in [2.75, 3.05) is 32.7 Å². The number of rotatable bonds is 2. The van der Waals surface area contributed by atoms with E-state index in [0.29, 0.717) is 0 Å². The molecule has 2 heterocycles. The first-order valence-corrected chi connectivity index (χ1v) is 6.39. The largest absolute Gasteiger partial charge is 0.401 e. The van der Waals surface area contributed by atoms with E-state index in [1.807, 2.05) is 0 Å². The van der Waals surface area contributed by atoms with E-state index < -0.39 is 12.7 Å². The fourth-order valence-corrected chi connectivity index (χ4v) is 2.14. The van der Waals surface area contributed by atoms with Gasteiger partial charge in [-0.15, -0.1) is 0 Å². The van der Waals surface area contributed by atoms with Crippen LogP contribution in [0.5, 0.6) is 0 Å². The summed E-state index contributed by atoms with van der Waals surface area (Å²) in [7, 11) is 1.43. The first-order chi connectivity index (χ1) is 9.76. The zero-order valence-corrected chi connectivity index (χ0v) is 11.4. The second-order valence-electron chi connectivity index (χ2n) is 4.86. The summed E-state index contributed by atoms with van der Waals surface area (Å²) >= 11 is 0. The van der Waals surface area contributed by atoms with E-state index in [2.05, 4.69) is 5.10 Å². The molecule has 0 atom stereocenters. The van der Waals surface area contributed by atoms with Gasteiger partial charge in [0, 0.05) is 39.3 Å². The van der Waals surface area contributed by atoms with Gasteiger partial charge in [-0.1, -0.05) is 0 Å². The maximum absolute atomic E-state index is 12.3. The standard InChI is InChI=1S/C12H15F3N4O2/c1-17-10(20)3-2-9(16-17)11(21)19-6-4-18(5-7-19)8-12(13,14)15/h2-3H,4-8H2,1H3. The summed E-state index contributed by atoms with van der Waals surface area (Å²) in [5.74, 6) is -0.378. The molecule has 0 spiro atoms. The number of nitrogens with zero attached hydrogens (tertiary/aromatic N) is 4. The van der Waals surface area contributed by atoms with Crippen molar-refractivity contribution in [3.8, 4) is 0 Å². The number of carbonyl (C=O) groups excluding carboxylic acids is 1. The van der Waals surface area contributed by atoms with Crippen molar-refractivity contribution in [3.63, 3.8) is 0 Å². The average molecular weight is 304 g/mol. The maximum atomic E-state index is 12.3. The molecule has 0 unspecified atom stereocenters. The Morgan fingerprint density at radius 2 is 1.86 bits per heavy atom. The molecule has 1 aromatic heterocycles. The minimum absolute atomic E-state index is 0.112. The molecule has 0 saturated carbocycles. The summed E-state index contributed by atoms with van der Waals surface area (Å²) in [5, 5.41) is 3.85. The third-order valence-electron chi connectivity index (χ3n) is 3.24. The molecular formula is C12H15F3N4O2. The second-order valence-corrected chi connectivity index (χ2v) is 4.86. The van der Waals surface area contributed by atoms with Gasteiger partial charge in [-0.25, -0.2) is 4.68 Å². The first kappa shape index (κ1) is 15.5. The third-order valence-corrected chi connectivity index (χ3v) is 3.24. The SMILES string of the molecule is Cn1nc(C(=O)N2CCN(CC(F)(F)F)CC2)ccc1=O. The number of amides is 1. The highest BCUT2D eigenvalue weighted by Crippen LogP contribution is 2.17. The molecule has 9 heteroatoms. The minimum atomic E-state index is -4.23. The molecule has 2 rings (SSSR count). The van der Waals surface area contributed by atoms with Gasteiger partial charge in [-0.05, 0) is 6.07 Å². The number of aryl methyl sites for hydroxylation is 1. The quantitative estimate of drug-likeness (QED) is 0.777. The Labute approximate surface area is 118 Å². The van der Waals surface area contributed by atoms with Crippen molar-refractivity contribution in [2.24, 2.45) is 7.05 Å². The number of hydrogen-bond donors (Lipinski definition) is 0. The Kier molecular flexibility index (Phi) is 4.31. The van der Waals surface area contributed by atoms with Crippen LogP contribution in [-0.4, -0.2) is 64.4 Å². The Balaban J connectivity index is 1.97. The average Bonchev–Trinajstić information content (AvgIpc) is 2.40. The van der Waals surface area contributed by atoms with E-state index in [1.165, 1.54) is 29.0 Å². The van der Waals surface area contributed by atoms with Gasteiger partial charge in [0.1, 0.15) is 5.69 Å². The summed E-state index contributed by atoms with van der Waals surface area (Å²) in [4.78, 5) is 26.1. The van der Waals surface area contributed by atoms with Crippen LogP contribution in [0.1, 0.15) is 10.5 Å². The lowest BCUT2D eigenvalue weighted by Crippen LogP contribution is -2.51. The summed E-state index contributed by atoms with van der Waals surface area (Å²) in [6.45, 7) is -0.222. The number of piperazine rings is 1. The van der Waals surface area contributed by atoms with Crippen molar-refractivity contribution in [1.29, 1.82) is 0 Å². The molecule has 0 N–H and O–H groups in total. The maximum Gasteiger partial charge on any atom is 0.401 e. The van der Waals surface area contributed by atoms with Crippen LogP contribution in [0.25, 0.3) is 0 Å². The van der Waals surface area contributed by atoms with E-state index in [0.717, 1.165) is 4.68 Å². The molecule has 0 aliphatic carbocycles. The highest BCUT2D eigenvalue weighted by atomic mass is 19.4. The highest BCUT2D eigenvalue weighted by molar-refractivity contribution is 5.92. The van der Waals surface area contributed by atoms with Crippen LogP contribution in [0.15, 0.2) is 16.9 Å². The van der Waals surface area contributed by atoms with Crippen molar-refractivity contribution in [3.05, 3.63) is 28.2 Å². The molecule has 21 heavy (non-hydrogen) atoms. The van der Waals surface area contributed by atoms with Crippen molar-refractivity contribution >= 4 is 5.91 Å². The zero-order valence-electron chi connectivity index (χ0n) is 11.4. The topological polar surface area (TPSA) is 58.4 Å². The zero-order chi connectivity index (χ0) is 15.6. The highest BCUT2D eigenvalue weighted by Gasteiger charge is 2.33. The lowest BCUT2D eigenvalue weighted by atomic mass is 10.2. The fourth-order valence-electron chi connectivity index (χ4n) is 2.14. The molecule has 6 nitrogen and oxygen atoms in total. The third kappa shape index (κ3) is 4.03. The van der Waals surface area contributed by atoms with E-state index in [4.69, 9.17) is 0 Å². The number of hydrogen-bond acceptors (Lipinski definition) is 4. The molecule has 0 aromatic carbocycles. The van der Waals surface area contributed by atoms with Crippen LogP contribution >= 0.6 is 0 Å². The molecule has 1 aromatic rings. The van der Waals surface area contributed by atoms with Crippen LogP contribution in [0.3, 0.4) is 0 Å². The van der Waals surface area contributed by atoms with Crippen molar-refractivity contribution in [1.82, 2.24) is 19.6 Å². The number of alkyl halides is 3. The molecule has 1 aliphatic rings. The first-order valence-electron chi connectivity index (χ1n) is 6.39. The normalized spacial score (nSPS) is 17.0. The Morgan fingerprint density at radius 1 is 1.24 bits per heavy atom. The molecule has 1 saturated heterocycles. The van der Waals surface area contributed by atoms with Crippen molar-refractivity contribution < 1.29 is 18.0 Å². The van der Waals surface area contributed by atoms with Crippen LogP contribution in [-0.2, 0) is 7.05 Å². The molecule has 1 fully saturated rings. The molecule has 116 valence electrons. The number of carbonyl (C=O) groups is 1. The van der Waals surface area contributed by atoms with E-state index in [-0.39, 0.29) is 43.3 Å². The molecule has 0 radical (unpaired) electrons. The molecule has 0 bridgehead atoms.